The first-order valence-corrected chi connectivity index (χ1v) is 13.9. The number of fused-ring (bicyclic) bond motifs is 1. The lowest BCUT2D eigenvalue weighted by molar-refractivity contribution is -0.153. The molecule has 1 aromatic carbocycles. The van der Waals surface area contributed by atoms with E-state index in [9.17, 15) is 20.1 Å². The van der Waals surface area contributed by atoms with Crippen LogP contribution in [0.4, 0.5) is 0 Å². The molecular formula is C29H40N2O5. The van der Waals surface area contributed by atoms with Crippen LogP contribution in [-0.2, 0) is 16.6 Å². The lowest BCUT2D eigenvalue weighted by Crippen LogP contribution is -2.73. The standard InChI is InChI=1S/C29H40N2O5/c1-17(27(34)30-20-7-5-3-4-6-8-20)24(33)26-29-13-14-31(16-18-9-10-18)22(28(29,2)35)15-19-11-12-21(32)25(36-26)23(19)29/h11-12,18,20,22,26,32-33,35H,3-10,13-16H2,1-2H3,(H,30,34)/b24-17-/t22-,26+,28-,29+/m1/s1. The number of piperidine rings is 1. The van der Waals surface area contributed by atoms with E-state index in [1.54, 1.807) is 13.0 Å². The van der Waals surface area contributed by atoms with Crippen molar-refractivity contribution in [1.29, 1.82) is 0 Å². The van der Waals surface area contributed by atoms with Crippen molar-refractivity contribution in [2.75, 3.05) is 13.1 Å². The average molecular weight is 497 g/mol. The van der Waals surface area contributed by atoms with Gasteiger partial charge in [0.15, 0.2) is 17.6 Å². The third-order valence-electron chi connectivity index (χ3n) is 9.91. The Bertz CT molecular complexity index is 1090. The maximum atomic E-state index is 13.2. The van der Waals surface area contributed by atoms with E-state index in [1.165, 1.54) is 25.7 Å². The summed E-state index contributed by atoms with van der Waals surface area (Å²) in [5.41, 5.74) is -0.0549. The zero-order valence-corrected chi connectivity index (χ0v) is 21.6. The van der Waals surface area contributed by atoms with Gasteiger partial charge in [0.25, 0.3) is 5.91 Å². The Morgan fingerprint density at radius 3 is 2.58 bits per heavy atom. The number of carbonyl (C=O) groups is 1. The number of nitrogens with one attached hydrogen (secondary N) is 1. The second-order valence-electron chi connectivity index (χ2n) is 12.1. The summed E-state index contributed by atoms with van der Waals surface area (Å²) in [5, 5.41) is 37.7. The van der Waals surface area contributed by atoms with Gasteiger partial charge in [0, 0.05) is 24.2 Å². The lowest BCUT2D eigenvalue weighted by atomic mass is 9.53. The van der Waals surface area contributed by atoms with Gasteiger partial charge in [0.2, 0.25) is 0 Å². The number of hydrogen-bond acceptors (Lipinski definition) is 6. The molecule has 1 amide bonds. The van der Waals surface area contributed by atoms with Gasteiger partial charge in [0.1, 0.15) is 5.76 Å². The molecule has 196 valence electrons. The molecule has 3 aliphatic carbocycles. The third kappa shape index (κ3) is 3.57. The summed E-state index contributed by atoms with van der Waals surface area (Å²) in [6.07, 6.45) is 9.34. The molecule has 0 radical (unpaired) electrons. The zero-order chi connectivity index (χ0) is 25.2. The molecule has 0 aromatic heterocycles. The molecule has 2 aliphatic heterocycles. The van der Waals surface area contributed by atoms with Crippen LogP contribution in [0.3, 0.4) is 0 Å². The topological polar surface area (TPSA) is 102 Å². The molecule has 1 spiro atoms. The molecular weight excluding hydrogens is 456 g/mol. The van der Waals surface area contributed by atoms with Gasteiger partial charge in [-0.1, -0.05) is 31.7 Å². The normalized spacial score (nSPS) is 34.9. The van der Waals surface area contributed by atoms with Gasteiger partial charge in [-0.15, -0.1) is 0 Å². The van der Waals surface area contributed by atoms with E-state index in [2.05, 4.69) is 10.2 Å². The Morgan fingerprint density at radius 1 is 1.17 bits per heavy atom. The maximum absolute atomic E-state index is 13.2. The number of aliphatic hydroxyl groups excluding tert-OH is 1. The molecule has 36 heavy (non-hydrogen) atoms. The number of ether oxygens (including phenoxy) is 1. The van der Waals surface area contributed by atoms with Crippen molar-refractivity contribution < 1.29 is 24.9 Å². The SMILES string of the molecule is C/C(C(=O)NC1CCCCCC1)=C(/O)[C@@H]1Oc2c(O)ccc3c2[C@@]12CCN(CC1CC1)[C@H](C3)[C@@]2(C)O. The number of rotatable bonds is 5. The van der Waals surface area contributed by atoms with E-state index in [4.69, 9.17) is 4.74 Å². The van der Waals surface area contributed by atoms with E-state index in [-0.39, 0.29) is 35.1 Å². The molecule has 7 nitrogen and oxygen atoms in total. The summed E-state index contributed by atoms with van der Waals surface area (Å²) in [7, 11) is 0. The van der Waals surface area contributed by atoms with Crippen molar-refractivity contribution in [1.82, 2.24) is 10.2 Å². The number of nitrogens with zero attached hydrogens (tertiary/aromatic N) is 1. The van der Waals surface area contributed by atoms with Crippen LogP contribution < -0.4 is 10.1 Å². The van der Waals surface area contributed by atoms with Crippen LogP contribution >= 0.6 is 0 Å². The smallest absolute Gasteiger partial charge is 0.250 e. The van der Waals surface area contributed by atoms with Crippen molar-refractivity contribution in [3.8, 4) is 11.5 Å². The molecule has 3 fully saturated rings. The fourth-order valence-corrected chi connectivity index (χ4v) is 7.60. The second kappa shape index (κ2) is 8.66. The predicted molar refractivity (Wildman–Crippen MR) is 136 cm³/mol. The number of likely N-dealkylation sites (tertiary alicyclic amines) is 1. The van der Waals surface area contributed by atoms with E-state index in [1.807, 2.05) is 13.0 Å². The van der Waals surface area contributed by atoms with Gasteiger partial charge in [-0.25, -0.2) is 0 Å². The number of carbonyl (C=O) groups excluding carboxylic acids is 1. The van der Waals surface area contributed by atoms with E-state index < -0.39 is 17.1 Å². The molecule has 4 atom stereocenters. The van der Waals surface area contributed by atoms with Crippen molar-refractivity contribution in [2.45, 2.75) is 107 Å². The number of benzene rings is 1. The van der Waals surface area contributed by atoms with Crippen molar-refractivity contribution in [3.05, 3.63) is 34.6 Å². The summed E-state index contributed by atoms with van der Waals surface area (Å²) in [4.78, 5) is 15.7. The second-order valence-corrected chi connectivity index (χ2v) is 12.1. The van der Waals surface area contributed by atoms with Crippen LogP contribution in [0, 0.1) is 5.92 Å². The lowest BCUT2D eigenvalue weighted by Gasteiger charge is -2.59. The number of phenolic OH excluding ortho intramolecular Hbond substituents is 1. The maximum Gasteiger partial charge on any atom is 0.250 e. The van der Waals surface area contributed by atoms with E-state index >= 15 is 0 Å². The number of phenols is 1. The van der Waals surface area contributed by atoms with Gasteiger partial charge >= 0.3 is 0 Å². The summed E-state index contributed by atoms with van der Waals surface area (Å²) < 4.78 is 6.33. The summed E-state index contributed by atoms with van der Waals surface area (Å²) in [5.74, 6) is 0.636. The molecule has 2 bridgehead atoms. The third-order valence-corrected chi connectivity index (χ3v) is 9.91. The molecule has 5 aliphatic rings. The summed E-state index contributed by atoms with van der Waals surface area (Å²) in [6, 6.07) is 3.58. The molecule has 1 aromatic rings. The fraction of sp³-hybridized carbons (Fsp3) is 0.690. The van der Waals surface area contributed by atoms with Gasteiger partial charge in [-0.2, -0.15) is 0 Å². The van der Waals surface area contributed by atoms with Crippen LogP contribution in [0.5, 0.6) is 11.5 Å². The quantitative estimate of drug-likeness (QED) is 0.281. The van der Waals surface area contributed by atoms with Crippen LogP contribution in [0.1, 0.15) is 82.8 Å². The first-order chi connectivity index (χ1) is 17.2. The highest BCUT2D eigenvalue weighted by Crippen LogP contribution is 2.63. The average Bonchev–Trinajstić information content (AvgIpc) is 3.63. The van der Waals surface area contributed by atoms with Crippen molar-refractivity contribution in [3.63, 3.8) is 0 Å². The summed E-state index contributed by atoms with van der Waals surface area (Å²) in [6.45, 7) is 5.27. The largest absolute Gasteiger partial charge is 0.508 e. The molecule has 2 saturated carbocycles. The van der Waals surface area contributed by atoms with E-state index in [0.29, 0.717) is 24.5 Å². The predicted octanol–water partition coefficient (Wildman–Crippen LogP) is 3.85. The van der Waals surface area contributed by atoms with Crippen LogP contribution in [0.25, 0.3) is 0 Å². The number of aromatic hydroxyl groups is 1. The minimum Gasteiger partial charge on any atom is -0.508 e. The van der Waals surface area contributed by atoms with Crippen LogP contribution in [0.15, 0.2) is 23.5 Å². The number of amides is 1. The molecule has 1 saturated heterocycles. The highest BCUT2D eigenvalue weighted by molar-refractivity contribution is 5.93. The minimum absolute atomic E-state index is 0.0126. The minimum atomic E-state index is -1.21. The Labute approximate surface area is 213 Å². The van der Waals surface area contributed by atoms with Gasteiger partial charge in [-0.3, -0.25) is 9.69 Å². The highest BCUT2D eigenvalue weighted by atomic mass is 16.5. The van der Waals surface area contributed by atoms with Gasteiger partial charge < -0.3 is 25.4 Å². The molecule has 6 rings (SSSR count). The van der Waals surface area contributed by atoms with E-state index in [0.717, 1.165) is 49.9 Å². The monoisotopic (exact) mass is 496 g/mol. The molecule has 0 unspecified atom stereocenters. The summed E-state index contributed by atoms with van der Waals surface area (Å²) >= 11 is 0. The number of hydrogen-bond donors (Lipinski definition) is 4. The molecule has 7 heteroatoms. The first kappa shape index (κ1) is 24.1. The van der Waals surface area contributed by atoms with Gasteiger partial charge in [0.05, 0.1) is 16.6 Å². The van der Waals surface area contributed by atoms with Crippen LogP contribution in [0.2, 0.25) is 0 Å². The zero-order valence-electron chi connectivity index (χ0n) is 21.6. The van der Waals surface area contributed by atoms with Gasteiger partial charge in [-0.05, 0) is 76.5 Å². The van der Waals surface area contributed by atoms with Crippen molar-refractivity contribution in [2.24, 2.45) is 5.92 Å². The molecule has 2 heterocycles. The Balaban J connectivity index is 1.38. The van der Waals surface area contributed by atoms with Crippen LogP contribution in [-0.4, -0.2) is 63.0 Å². The number of aliphatic hydroxyl groups is 2. The Kier molecular flexibility index (Phi) is 5.80. The fourth-order valence-electron chi connectivity index (χ4n) is 7.60. The first-order valence-electron chi connectivity index (χ1n) is 13.9. The highest BCUT2D eigenvalue weighted by Gasteiger charge is 2.69. The Morgan fingerprint density at radius 2 is 1.89 bits per heavy atom. The molecule has 4 N–H and O–H groups in total. The van der Waals surface area contributed by atoms with Crippen molar-refractivity contribution >= 4 is 5.91 Å². The Hall–Kier alpha value is -2.25.